The molecule has 20 heavy (non-hydrogen) atoms. The van der Waals surface area contributed by atoms with Crippen LogP contribution in [0.1, 0.15) is 23.2 Å². The minimum absolute atomic E-state index is 0.0487. The first-order valence-electron chi connectivity index (χ1n) is 6.80. The molecular weight excluding hydrogens is 250 g/mol. The van der Waals surface area contributed by atoms with Crippen LogP contribution in [0.25, 0.3) is 0 Å². The first-order valence-corrected chi connectivity index (χ1v) is 6.80. The number of hydrogen-bond acceptors (Lipinski definition) is 3. The van der Waals surface area contributed by atoms with Gasteiger partial charge in [0.1, 0.15) is 5.82 Å². The number of amides is 1. The van der Waals surface area contributed by atoms with Gasteiger partial charge in [-0.2, -0.15) is 0 Å². The Morgan fingerprint density at radius 1 is 1.20 bits per heavy atom. The van der Waals surface area contributed by atoms with Crippen LogP contribution in [0, 0.1) is 0 Å². The van der Waals surface area contributed by atoms with E-state index in [0.29, 0.717) is 17.4 Å². The number of aromatic nitrogens is 1. The van der Waals surface area contributed by atoms with Gasteiger partial charge < -0.3 is 10.2 Å². The number of carbonyl (C=O) groups excluding carboxylic acids is 1. The summed E-state index contributed by atoms with van der Waals surface area (Å²) in [5, 5.41) is 3.31. The molecular formula is C16H17N3O. The molecule has 0 spiro atoms. The summed E-state index contributed by atoms with van der Waals surface area (Å²) in [6, 6.07) is 13.7. The Labute approximate surface area is 118 Å². The summed E-state index contributed by atoms with van der Waals surface area (Å²) in [5.74, 6) is 0.634. The van der Waals surface area contributed by atoms with Crippen molar-refractivity contribution < 1.29 is 4.79 Å². The van der Waals surface area contributed by atoms with Gasteiger partial charge in [-0.05, 0) is 37.1 Å². The van der Waals surface area contributed by atoms with E-state index in [9.17, 15) is 4.79 Å². The van der Waals surface area contributed by atoms with E-state index in [0.717, 1.165) is 18.5 Å². The van der Waals surface area contributed by atoms with E-state index in [2.05, 4.69) is 10.3 Å². The summed E-state index contributed by atoms with van der Waals surface area (Å²) in [5.41, 5.74) is 1.49. The van der Waals surface area contributed by atoms with Crippen molar-refractivity contribution >= 4 is 17.4 Å². The lowest BCUT2D eigenvalue weighted by Gasteiger charge is -2.19. The Kier molecular flexibility index (Phi) is 3.37. The molecule has 0 atom stereocenters. The number of para-hydroxylation sites is 1. The van der Waals surface area contributed by atoms with Gasteiger partial charge in [0.15, 0.2) is 0 Å². The van der Waals surface area contributed by atoms with Gasteiger partial charge in [-0.25, -0.2) is 4.98 Å². The SMILES string of the molecule is CN(C(=O)c1cccnc1NC1CC1)c1ccccc1. The van der Waals surface area contributed by atoms with Crippen LogP contribution in [0.5, 0.6) is 0 Å². The van der Waals surface area contributed by atoms with Crippen molar-refractivity contribution in [3.63, 3.8) is 0 Å². The van der Waals surface area contributed by atoms with Crippen LogP contribution in [-0.2, 0) is 0 Å². The molecule has 0 radical (unpaired) electrons. The normalized spacial score (nSPS) is 13.8. The minimum atomic E-state index is -0.0487. The second kappa shape index (κ2) is 5.33. The number of hydrogen-bond donors (Lipinski definition) is 1. The van der Waals surface area contributed by atoms with Gasteiger partial charge in [0.25, 0.3) is 5.91 Å². The average Bonchev–Trinajstić information content (AvgIpc) is 3.31. The summed E-state index contributed by atoms with van der Waals surface area (Å²) >= 11 is 0. The zero-order chi connectivity index (χ0) is 13.9. The molecule has 1 aliphatic rings. The fourth-order valence-electron chi connectivity index (χ4n) is 2.06. The van der Waals surface area contributed by atoms with Crippen LogP contribution in [0.2, 0.25) is 0 Å². The van der Waals surface area contributed by atoms with E-state index in [1.165, 1.54) is 0 Å². The fourth-order valence-corrected chi connectivity index (χ4v) is 2.06. The van der Waals surface area contributed by atoms with Gasteiger partial charge >= 0.3 is 0 Å². The van der Waals surface area contributed by atoms with Crippen LogP contribution in [-0.4, -0.2) is 24.0 Å². The molecule has 2 aromatic rings. The minimum Gasteiger partial charge on any atom is -0.367 e. The molecule has 1 fully saturated rings. The van der Waals surface area contributed by atoms with E-state index < -0.39 is 0 Å². The number of nitrogens with zero attached hydrogens (tertiary/aromatic N) is 2. The van der Waals surface area contributed by atoms with Crippen molar-refractivity contribution in [2.45, 2.75) is 18.9 Å². The Bertz CT molecular complexity index is 608. The van der Waals surface area contributed by atoms with Gasteiger partial charge in [-0.1, -0.05) is 18.2 Å². The van der Waals surface area contributed by atoms with Crippen LogP contribution >= 0.6 is 0 Å². The molecule has 1 aliphatic carbocycles. The molecule has 1 saturated carbocycles. The molecule has 1 N–H and O–H groups in total. The first-order chi connectivity index (χ1) is 9.75. The van der Waals surface area contributed by atoms with Crippen molar-refractivity contribution in [2.75, 3.05) is 17.3 Å². The highest BCUT2D eigenvalue weighted by atomic mass is 16.2. The molecule has 1 aromatic carbocycles. The lowest BCUT2D eigenvalue weighted by molar-refractivity contribution is 0.0993. The van der Waals surface area contributed by atoms with Crippen molar-refractivity contribution in [1.29, 1.82) is 0 Å². The Morgan fingerprint density at radius 2 is 1.95 bits per heavy atom. The monoisotopic (exact) mass is 267 g/mol. The maximum Gasteiger partial charge on any atom is 0.261 e. The predicted molar refractivity (Wildman–Crippen MR) is 80.1 cm³/mol. The van der Waals surface area contributed by atoms with E-state index in [4.69, 9.17) is 0 Å². The molecule has 3 rings (SSSR count). The first kappa shape index (κ1) is 12.7. The maximum atomic E-state index is 12.6. The molecule has 0 aliphatic heterocycles. The molecule has 4 nitrogen and oxygen atoms in total. The average molecular weight is 267 g/mol. The van der Waals surface area contributed by atoms with Crippen molar-refractivity contribution in [3.05, 3.63) is 54.2 Å². The van der Waals surface area contributed by atoms with Crippen LogP contribution in [0.4, 0.5) is 11.5 Å². The summed E-state index contributed by atoms with van der Waals surface area (Å²) < 4.78 is 0. The van der Waals surface area contributed by atoms with Crippen LogP contribution in [0.15, 0.2) is 48.7 Å². The van der Waals surface area contributed by atoms with Gasteiger partial charge in [0.2, 0.25) is 0 Å². The molecule has 4 heteroatoms. The van der Waals surface area contributed by atoms with Gasteiger partial charge in [-0.15, -0.1) is 0 Å². The molecule has 1 amide bonds. The van der Waals surface area contributed by atoms with Gasteiger partial charge in [0, 0.05) is 25.0 Å². The maximum absolute atomic E-state index is 12.6. The number of nitrogens with one attached hydrogen (secondary N) is 1. The van der Waals surface area contributed by atoms with E-state index in [1.54, 1.807) is 24.2 Å². The summed E-state index contributed by atoms with van der Waals surface area (Å²) in [6.45, 7) is 0. The highest BCUT2D eigenvalue weighted by molar-refractivity contribution is 6.08. The standard InChI is InChI=1S/C16H17N3O/c1-19(13-6-3-2-4-7-13)16(20)14-8-5-11-17-15(14)18-12-9-10-12/h2-8,11-12H,9-10H2,1H3,(H,17,18). The highest BCUT2D eigenvalue weighted by Crippen LogP contribution is 2.26. The number of rotatable bonds is 4. The van der Waals surface area contributed by atoms with Crippen molar-refractivity contribution in [1.82, 2.24) is 4.98 Å². The van der Waals surface area contributed by atoms with E-state index in [-0.39, 0.29) is 5.91 Å². The fraction of sp³-hybridized carbons (Fsp3) is 0.250. The third-order valence-corrected chi connectivity index (χ3v) is 3.40. The molecule has 102 valence electrons. The number of carbonyl (C=O) groups is 1. The van der Waals surface area contributed by atoms with E-state index in [1.807, 2.05) is 36.4 Å². The Morgan fingerprint density at radius 3 is 2.65 bits per heavy atom. The molecule has 0 unspecified atom stereocenters. The van der Waals surface area contributed by atoms with E-state index >= 15 is 0 Å². The lowest BCUT2D eigenvalue weighted by Crippen LogP contribution is -2.27. The van der Waals surface area contributed by atoms with Crippen LogP contribution < -0.4 is 10.2 Å². The third-order valence-electron chi connectivity index (χ3n) is 3.40. The summed E-state index contributed by atoms with van der Waals surface area (Å²) in [6.07, 6.45) is 4.02. The lowest BCUT2D eigenvalue weighted by atomic mass is 10.2. The Balaban J connectivity index is 1.86. The largest absolute Gasteiger partial charge is 0.367 e. The Hall–Kier alpha value is -2.36. The van der Waals surface area contributed by atoms with Crippen molar-refractivity contribution in [2.24, 2.45) is 0 Å². The van der Waals surface area contributed by atoms with Gasteiger partial charge in [-0.3, -0.25) is 4.79 Å². The third kappa shape index (κ3) is 2.64. The molecule has 1 aromatic heterocycles. The highest BCUT2D eigenvalue weighted by Gasteiger charge is 2.25. The zero-order valence-corrected chi connectivity index (χ0v) is 11.4. The summed E-state index contributed by atoms with van der Waals surface area (Å²) in [7, 11) is 1.78. The smallest absolute Gasteiger partial charge is 0.261 e. The van der Waals surface area contributed by atoms with Crippen LogP contribution in [0.3, 0.4) is 0 Å². The summed E-state index contributed by atoms with van der Waals surface area (Å²) in [4.78, 5) is 18.6. The second-order valence-corrected chi connectivity index (χ2v) is 5.02. The number of anilines is 2. The molecule has 0 bridgehead atoms. The second-order valence-electron chi connectivity index (χ2n) is 5.02. The molecule has 0 saturated heterocycles. The number of benzene rings is 1. The zero-order valence-electron chi connectivity index (χ0n) is 11.4. The predicted octanol–water partition coefficient (Wildman–Crippen LogP) is 2.93. The van der Waals surface area contributed by atoms with Crippen molar-refractivity contribution in [3.8, 4) is 0 Å². The topological polar surface area (TPSA) is 45.2 Å². The van der Waals surface area contributed by atoms with Gasteiger partial charge in [0.05, 0.1) is 5.56 Å². The quantitative estimate of drug-likeness (QED) is 0.926. The molecule has 1 heterocycles. The number of pyridine rings is 1.